The van der Waals surface area contributed by atoms with Crippen LogP contribution in [0, 0.1) is 0 Å². The van der Waals surface area contributed by atoms with Crippen LogP contribution in [0.1, 0.15) is 45.4 Å². The van der Waals surface area contributed by atoms with Crippen molar-refractivity contribution in [3.8, 4) is 0 Å². The zero-order valence-electron chi connectivity index (χ0n) is 11.9. The van der Waals surface area contributed by atoms with Crippen molar-refractivity contribution in [3.63, 3.8) is 0 Å². The summed E-state index contributed by atoms with van der Waals surface area (Å²) in [7, 11) is 0. The average Bonchev–Trinajstić information content (AvgIpc) is 2.41. The van der Waals surface area contributed by atoms with Crippen LogP contribution < -0.4 is 5.32 Å². The van der Waals surface area contributed by atoms with Crippen LogP contribution in [0.25, 0.3) is 0 Å². The Morgan fingerprint density at radius 1 is 1.42 bits per heavy atom. The SMILES string of the molecule is CCCC1CCCCN1C(=O)CC1CNCCO1.Cl. The Morgan fingerprint density at radius 2 is 2.26 bits per heavy atom. The molecule has 2 atom stereocenters. The predicted octanol–water partition coefficient (Wildman–Crippen LogP) is 1.97. The second-order valence-corrected chi connectivity index (χ2v) is 5.43. The van der Waals surface area contributed by atoms with Gasteiger partial charge in [-0.2, -0.15) is 0 Å². The first-order valence-corrected chi connectivity index (χ1v) is 7.43. The molecule has 2 aliphatic rings. The van der Waals surface area contributed by atoms with Crippen molar-refractivity contribution < 1.29 is 9.53 Å². The van der Waals surface area contributed by atoms with Crippen LogP contribution in [0.5, 0.6) is 0 Å². The van der Waals surface area contributed by atoms with E-state index >= 15 is 0 Å². The number of hydrogen-bond acceptors (Lipinski definition) is 3. The number of nitrogens with zero attached hydrogens (tertiary/aromatic N) is 1. The minimum absolute atomic E-state index is 0. The van der Waals surface area contributed by atoms with Crippen molar-refractivity contribution in [1.29, 1.82) is 0 Å². The largest absolute Gasteiger partial charge is 0.375 e. The van der Waals surface area contributed by atoms with E-state index < -0.39 is 0 Å². The molecule has 112 valence electrons. The van der Waals surface area contributed by atoms with Gasteiger partial charge in [-0.1, -0.05) is 13.3 Å². The average molecular weight is 291 g/mol. The second-order valence-electron chi connectivity index (χ2n) is 5.43. The fourth-order valence-corrected chi connectivity index (χ4v) is 3.03. The number of morpholine rings is 1. The van der Waals surface area contributed by atoms with E-state index in [1.54, 1.807) is 0 Å². The van der Waals surface area contributed by atoms with E-state index in [1.807, 2.05) is 0 Å². The molecule has 1 amide bonds. The van der Waals surface area contributed by atoms with Gasteiger partial charge in [0.15, 0.2) is 0 Å². The van der Waals surface area contributed by atoms with Gasteiger partial charge in [0.1, 0.15) is 0 Å². The van der Waals surface area contributed by atoms with E-state index in [0.29, 0.717) is 18.4 Å². The quantitative estimate of drug-likeness (QED) is 0.861. The van der Waals surface area contributed by atoms with Gasteiger partial charge in [-0.25, -0.2) is 0 Å². The number of carbonyl (C=O) groups excluding carboxylic acids is 1. The monoisotopic (exact) mass is 290 g/mol. The van der Waals surface area contributed by atoms with Crippen molar-refractivity contribution in [3.05, 3.63) is 0 Å². The molecule has 0 bridgehead atoms. The number of halogens is 1. The lowest BCUT2D eigenvalue weighted by molar-refractivity contribution is -0.138. The van der Waals surface area contributed by atoms with Crippen LogP contribution in [0.15, 0.2) is 0 Å². The summed E-state index contributed by atoms with van der Waals surface area (Å²) in [4.78, 5) is 14.5. The molecule has 2 unspecified atom stereocenters. The second kappa shape index (κ2) is 8.77. The number of hydrogen-bond donors (Lipinski definition) is 1. The van der Waals surface area contributed by atoms with Gasteiger partial charge in [0.05, 0.1) is 19.1 Å². The molecular weight excluding hydrogens is 264 g/mol. The topological polar surface area (TPSA) is 41.6 Å². The highest BCUT2D eigenvalue weighted by Crippen LogP contribution is 2.22. The molecule has 2 aliphatic heterocycles. The summed E-state index contributed by atoms with van der Waals surface area (Å²) in [6.45, 7) is 5.61. The van der Waals surface area contributed by atoms with Crippen molar-refractivity contribution in [2.24, 2.45) is 0 Å². The first kappa shape index (κ1) is 16.7. The number of piperidine rings is 1. The normalized spacial score (nSPS) is 27.7. The summed E-state index contributed by atoms with van der Waals surface area (Å²) in [5, 5.41) is 3.28. The lowest BCUT2D eigenvalue weighted by atomic mass is 9.97. The number of amides is 1. The number of nitrogens with one attached hydrogen (secondary N) is 1. The first-order valence-electron chi connectivity index (χ1n) is 7.43. The van der Waals surface area contributed by atoms with Crippen molar-refractivity contribution in [2.75, 3.05) is 26.2 Å². The minimum atomic E-state index is 0. The van der Waals surface area contributed by atoms with Crippen LogP contribution in [0.2, 0.25) is 0 Å². The van der Waals surface area contributed by atoms with E-state index in [4.69, 9.17) is 4.74 Å². The molecule has 2 heterocycles. The number of likely N-dealkylation sites (tertiary alicyclic amines) is 1. The summed E-state index contributed by atoms with van der Waals surface area (Å²) in [5.74, 6) is 0.293. The Bertz CT molecular complexity index is 268. The smallest absolute Gasteiger partial charge is 0.225 e. The Morgan fingerprint density at radius 3 is 2.95 bits per heavy atom. The molecule has 19 heavy (non-hydrogen) atoms. The van der Waals surface area contributed by atoms with Crippen molar-refractivity contribution in [1.82, 2.24) is 10.2 Å². The van der Waals surface area contributed by atoms with E-state index in [1.165, 1.54) is 12.8 Å². The number of ether oxygens (including phenoxy) is 1. The van der Waals surface area contributed by atoms with Gasteiger partial charge < -0.3 is 15.0 Å². The van der Waals surface area contributed by atoms with Crippen LogP contribution in [-0.4, -0.2) is 49.2 Å². The molecule has 1 N–H and O–H groups in total. The molecule has 0 aromatic rings. The fraction of sp³-hybridized carbons (Fsp3) is 0.929. The molecule has 0 aromatic carbocycles. The first-order chi connectivity index (χ1) is 8.81. The van der Waals surface area contributed by atoms with Crippen LogP contribution in [0.3, 0.4) is 0 Å². The van der Waals surface area contributed by atoms with Gasteiger partial charge in [-0.3, -0.25) is 4.79 Å². The predicted molar refractivity (Wildman–Crippen MR) is 78.7 cm³/mol. The van der Waals surface area contributed by atoms with Crippen molar-refractivity contribution in [2.45, 2.75) is 57.6 Å². The highest BCUT2D eigenvalue weighted by molar-refractivity contribution is 5.85. The van der Waals surface area contributed by atoms with Gasteiger partial charge in [-0.15, -0.1) is 12.4 Å². The van der Waals surface area contributed by atoms with Gasteiger partial charge in [0.25, 0.3) is 0 Å². The lowest BCUT2D eigenvalue weighted by Gasteiger charge is -2.37. The number of carbonyl (C=O) groups is 1. The molecule has 0 saturated carbocycles. The standard InChI is InChI=1S/C14H26N2O2.ClH/c1-2-5-12-6-3-4-8-16(12)14(17)10-13-11-15-7-9-18-13;/h12-13,15H,2-11H2,1H3;1H. The maximum absolute atomic E-state index is 12.4. The van der Waals surface area contributed by atoms with Gasteiger partial charge >= 0.3 is 0 Å². The molecule has 0 radical (unpaired) electrons. The Labute approximate surface area is 122 Å². The van der Waals surface area contributed by atoms with Crippen LogP contribution >= 0.6 is 12.4 Å². The molecule has 2 rings (SSSR count). The Hall–Kier alpha value is -0.320. The Kier molecular flexibility index (Phi) is 7.73. The van der Waals surface area contributed by atoms with Gasteiger partial charge in [0.2, 0.25) is 5.91 Å². The minimum Gasteiger partial charge on any atom is -0.375 e. The van der Waals surface area contributed by atoms with Crippen LogP contribution in [0.4, 0.5) is 0 Å². The van der Waals surface area contributed by atoms with Crippen LogP contribution in [-0.2, 0) is 9.53 Å². The maximum atomic E-state index is 12.4. The molecule has 5 heteroatoms. The maximum Gasteiger partial charge on any atom is 0.225 e. The van der Waals surface area contributed by atoms with Gasteiger partial charge in [-0.05, 0) is 25.7 Å². The molecule has 0 spiro atoms. The van der Waals surface area contributed by atoms with E-state index in [-0.39, 0.29) is 18.5 Å². The summed E-state index contributed by atoms with van der Waals surface area (Å²) < 4.78 is 5.62. The summed E-state index contributed by atoms with van der Waals surface area (Å²) >= 11 is 0. The number of rotatable bonds is 4. The molecule has 0 aromatic heterocycles. The fourth-order valence-electron chi connectivity index (χ4n) is 3.03. The lowest BCUT2D eigenvalue weighted by Crippen LogP contribution is -2.47. The van der Waals surface area contributed by atoms with Crippen molar-refractivity contribution >= 4 is 18.3 Å². The zero-order chi connectivity index (χ0) is 12.8. The molecular formula is C14H27ClN2O2. The third-order valence-corrected chi connectivity index (χ3v) is 3.98. The molecule has 0 aliphatic carbocycles. The van der Waals surface area contributed by atoms with Gasteiger partial charge in [0, 0.05) is 25.7 Å². The third-order valence-electron chi connectivity index (χ3n) is 3.98. The third kappa shape index (κ3) is 4.93. The highest BCUT2D eigenvalue weighted by Gasteiger charge is 2.28. The summed E-state index contributed by atoms with van der Waals surface area (Å²) in [6.07, 6.45) is 6.56. The van der Waals surface area contributed by atoms with E-state index in [2.05, 4.69) is 17.1 Å². The summed E-state index contributed by atoms with van der Waals surface area (Å²) in [5.41, 5.74) is 0. The molecule has 2 fully saturated rings. The van der Waals surface area contributed by atoms with E-state index in [9.17, 15) is 4.79 Å². The Balaban J connectivity index is 0.00000180. The summed E-state index contributed by atoms with van der Waals surface area (Å²) in [6, 6.07) is 0.479. The van der Waals surface area contributed by atoms with E-state index in [0.717, 1.165) is 45.5 Å². The highest BCUT2D eigenvalue weighted by atomic mass is 35.5. The zero-order valence-corrected chi connectivity index (χ0v) is 12.7. The molecule has 4 nitrogen and oxygen atoms in total. The molecule has 2 saturated heterocycles.